The van der Waals surface area contributed by atoms with Crippen molar-refractivity contribution in [3.8, 4) is 0 Å². The molecule has 31 heavy (non-hydrogen) atoms. The minimum absolute atomic E-state index is 0.281. The molecule has 0 spiro atoms. The van der Waals surface area contributed by atoms with Crippen molar-refractivity contribution in [1.82, 2.24) is 0 Å². The zero-order chi connectivity index (χ0) is 23.5. The topological polar surface area (TPSA) is 107 Å². The van der Waals surface area contributed by atoms with Gasteiger partial charge >= 0.3 is 29.9 Å². The maximum Gasteiger partial charge on any atom is 0.438 e. The number of esters is 2. The van der Waals surface area contributed by atoms with Crippen LogP contribution in [0, 0.1) is 23.2 Å². The van der Waals surface area contributed by atoms with Crippen LogP contribution >= 0.6 is 0 Å². The van der Waals surface area contributed by atoms with E-state index in [-0.39, 0.29) is 17.8 Å². The number of hydrogen-bond acceptors (Lipinski definition) is 6. The molecule has 4 aliphatic rings. The van der Waals surface area contributed by atoms with Crippen LogP contribution in [0.25, 0.3) is 0 Å². The van der Waals surface area contributed by atoms with Gasteiger partial charge in [0, 0.05) is 0 Å². The summed E-state index contributed by atoms with van der Waals surface area (Å²) in [5.74, 6) is -5.27. The first-order valence-corrected chi connectivity index (χ1v) is 11.0. The first kappa shape index (κ1) is 24.1. The summed E-state index contributed by atoms with van der Waals surface area (Å²) in [7, 11) is -5.88. The van der Waals surface area contributed by atoms with Crippen molar-refractivity contribution >= 4 is 22.1 Å². The van der Waals surface area contributed by atoms with E-state index in [1.807, 2.05) is 0 Å². The van der Waals surface area contributed by atoms with Crippen molar-refractivity contribution < 1.29 is 58.4 Å². The van der Waals surface area contributed by atoms with Crippen LogP contribution in [0.3, 0.4) is 0 Å². The molecule has 4 fully saturated rings. The third-order valence-electron chi connectivity index (χ3n) is 6.38. The molecular formula is C17H20F6O7S. The van der Waals surface area contributed by atoms with E-state index < -0.39 is 57.8 Å². The maximum atomic E-state index is 13.2. The minimum Gasteiger partial charge on any atom is -0.453 e. The van der Waals surface area contributed by atoms with Crippen molar-refractivity contribution in [3.63, 3.8) is 0 Å². The molecule has 4 rings (SSSR count). The first-order valence-electron chi connectivity index (χ1n) is 9.44. The van der Waals surface area contributed by atoms with Crippen molar-refractivity contribution in [2.24, 2.45) is 23.2 Å². The fourth-order valence-electron chi connectivity index (χ4n) is 5.59. The molecule has 0 radical (unpaired) electrons. The lowest BCUT2D eigenvalue weighted by molar-refractivity contribution is -0.361. The van der Waals surface area contributed by atoms with Crippen molar-refractivity contribution in [2.45, 2.75) is 56.5 Å². The molecule has 0 aliphatic heterocycles. The van der Waals surface area contributed by atoms with Gasteiger partial charge in [0.2, 0.25) is 0 Å². The van der Waals surface area contributed by atoms with Crippen molar-refractivity contribution in [1.29, 1.82) is 0 Å². The normalized spacial score (nSPS) is 30.9. The van der Waals surface area contributed by atoms with Gasteiger partial charge in [0.05, 0.1) is 5.41 Å². The summed E-state index contributed by atoms with van der Waals surface area (Å²) in [5.41, 5.74) is -6.44. The number of ether oxygens (including phenoxy) is 2. The average Bonchev–Trinajstić information content (AvgIpc) is 2.54. The summed E-state index contributed by atoms with van der Waals surface area (Å²) in [6.07, 6.45) is -8.58. The Morgan fingerprint density at radius 1 is 0.903 bits per heavy atom. The van der Waals surface area contributed by atoms with Crippen LogP contribution in [0.5, 0.6) is 0 Å². The Bertz CT molecular complexity index is 799. The zero-order valence-electron chi connectivity index (χ0n) is 16.0. The predicted octanol–water partition coefficient (Wildman–Crippen LogP) is 3.04. The molecule has 0 atom stereocenters. The number of hydrogen-bond donors (Lipinski definition) is 1. The third kappa shape index (κ3) is 4.64. The van der Waals surface area contributed by atoms with E-state index in [0.717, 1.165) is 19.3 Å². The van der Waals surface area contributed by atoms with Gasteiger partial charge in [0.1, 0.15) is 5.75 Å². The van der Waals surface area contributed by atoms with Gasteiger partial charge in [-0.1, -0.05) is 0 Å². The van der Waals surface area contributed by atoms with E-state index in [0.29, 0.717) is 19.3 Å². The molecular weight excluding hydrogens is 462 g/mol. The second-order valence-corrected chi connectivity index (χ2v) is 10.2. The highest BCUT2D eigenvalue weighted by Crippen LogP contribution is 2.60. The van der Waals surface area contributed by atoms with Gasteiger partial charge in [-0.05, 0) is 56.3 Å². The molecule has 0 aromatic carbocycles. The Kier molecular flexibility index (Phi) is 5.82. The molecule has 0 aromatic heterocycles. The van der Waals surface area contributed by atoms with E-state index in [1.165, 1.54) is 0 Å². The number of halogens is 6. The Balaban J connectivity index is 1.72. The molecule has 0 heterocycles. The van der Waals surface area contributed by atoms with Crippen LogP contribution in [0.15, 0.2) is 0 Å². The standard InChI is InChI=1S/C17H20F6O7S/c18-16(19,20)15(17(21,22)23,8-31(26,27)28)30-12(24)7-29-13(25)14-4-9-1-10(5-14)3-11(2-9)6-14/h9-11H,1-8H2,(H,26,27,28). The van der Waals surface area contributed by atoms with Gasteiger partial charge in [0.15, 0.2) is 6.61 Å². The summed E-state index contributed by atoms with van der Waals surface area (Å²) >= 11 is 0. The van der Waals surface area contributed by atoms with E-state index in [2.05, 4.69) is 4.74 Å². The van der Waals surface area contributed by atoms with Crippen LogP contribution in [0.1, 0.15) is 38.5 Å². The van der Waals surface area contributed by atoms with Gasteiger partial charge in [-0.3, -0.25) is 9.35 Å². The Labute approximate surface area is 173 Å². The monoisotopic (exact) mass is 482 g/mol. The summed E-state index contributed by atoms with van der Waals surface area (Å²) in [5, 5.41) is 0. The Hall–Kier alpha value is -1.57. The molecule has 0 unspecified atom stereocenters. The predicted molar refractivity (Wildman–Crippen MR) is 88.9 cm³/mol. The molecule has 1 N–H and O–H groups in total. The second-order valence-electron chi connectivity index (χ2n) is 8.80. The van der Waals surface area contributed by atoms with E-state index in [4.69, 9.17) is 9.29 Å². The summed E-state index contributed by atoms with van der Waals surface area (Å²) < 4.78 is 118. The van der Waals surface area contributed by atoms with Crippen molar-refractivity contribution in [3.05, 3.63) is 0 Å². The van der Waals surface area contributed by atoms with Gasteiger partial charge in [-0.2, -0.15) is 34.8 Å². The van der Waals surface area contributed by atoms with Crippen LogP contribution in [-0.2, 0) is 29.2 Å². The molecule has 14 heteroatoms. The summed E-state index contributed by atoms with van der Waals surface area (Å²) in [6, 6.07) is 0. The molecule has 178 valence electrons. The molecule has 4 aliphatic carbocycles. The highest BCUT2D eigenvalue weighted by molar-refractivity contribution is 7.85. The lowest BCUT2D eigenvalue weighted by Gasteiger charge is -2.55. The second kappa shape index (κ2) is 7.49. The van der Waals surface area contributed by atoms with Gasteiger partial charge in [-0.15, -0.1) is 0 Å². The van der Waals surface area contributed by atoms with E-state index in [9.17, 15) is 44.3 Å². The van der Waals surface area contributed by atoms with E-state index >= 15 is 0 Å². The van der Waals surface area contributed by atoms with Crippen LogP contribution in [0.2, 0.25) is 0 Å². The molecule has 4 bridgehead atoms. The number of carbonyl (C=O) groups is 2. The number of carbonyl (C=O) groups excluding carboxylic acids is 2. The Morgan fingerprint density at radius 2 is 1.32 bits per heavy atom. The number of rotatable bonds is 6. The molecule has 0 amide bonds. The van der Waals surface area contributed by atoms with Gasteiger partial charge < -0.3 is 9.47 Å². The molecule has 4 saturated carbocycles. The largest absolute Gasteiger partial charge is 0.453 e. The number of alkyl halides is 6. The van der Waals surface area contributed by atoms with Gasteiger partial charge in [-0.25, -0.2) is 4.79 Å². The highest BCUT2D eigenvalue weighted by atomic mass is 32.2. The molecule has 7 nitrogen and oxygen atoms in total. The van der Waals surface area contributed by atoms with E-state index in [1.54, 1.807) is 0 Å². The summed E-state index contributed by atoms with van der Waals surface area (Å²) in [6.45, 7) is -1.56. The highest BCUT2D eigenvalue weighted by Gasteiger charge is 2.76. The fourth-order valence-corrected chi connectivity index (χ4v) is 6.49. The third-order valence-corrected chi connectivity index (χ3v) is 7.15. The van der Waals surface area contributed by atoms with Crippen LogP contribution < -0.4 is 0 Å². The average molecular weight is 482 g/mol. The lowest BCUT2D eigenvalue weighted by Crippen LogP contribution is -2.63. The fraction of sp³-hybridized carbons (Fsp3) is 0.882. The zero-order valence-corrected chi connectivity index (χ0v) is 16.8. The Morgan fingerprint density at radius 3 is 1.68 bits per heavy atom. The summed E-state index contributed by atoms with van der Waals surface area (Å²) in [4.78, 5) is 24.4. The SMILES string of the molecule is O=C(COC(=O)C12CC3CC(CC(C3)C1)C2)OC(CS(=O)(=O)O)(C(F)(F)F)C(F)(F)F. The van der Waals surface area contributed by atoms with Crippen molar-refractivity contribution in [2.75, 3.05) is 12.4 Å². The van der Waals surface area contributed by atoms with Crippen LogP contribution in [-0.4, -0.2) is 55.2 Å². The quantitative estimate of drug-likeness (QED) is 0.352. The smallest absolute Gasteiger partial charge is 0.438 e. The molecule has 0 saturated heterocycles. The van der Waals surface area contributed by atoms with Gasteiger partial charge in [0.25, 0.3) is 10.1 Å². The molecule has 0 aromatic rings. The maximum absolute atomic E-state index is 13.2. The first-order chi connectivity index (χ1) is 14.0. The van der Waals surface area contributed by atoms with Crippen LogP contribution in [0.4, 0.5) is 26.3 Å². The lowest BCUT2D eigenvalue weighted by atomic mass is 9.49. The minimum atomic E-state index is -6.43.